The average molecular weight is 967 g/mol. The molecule has 2 heteroatoms. The Kier molecular flexibility index (Phi) is 10.0. The summed E-state index contributed by atoms with van der Waals surface area (Å²) in [6.07, 6.45) is 0. The predicted molar refractivity (Wildman–Crippen MR) is 316 cm³/mol. The molecule has 2 aliphatic rings. The Hall–Kier alpha value is -9.76. The van der Waals surface area contributed by atoms with Crippen molar-refractivity contribution in [2.45, 2.75) is 10.8 Å². The highest BCUT2D eigenvalue weighted by atomic mass is 15.1. The molecule has 0 spiro atoms. The lowest BCUT2D eigenvalue weighted by atomic mass is 9.67. The molecule has 0 saturated carbocycles. The third-order valence-corrected chi connectivity index (χ3v) is 16.5. The molecule has 76 heavy (non-hydrogen) atoms. The number of benzene rings is 12. The van der Waals surface area contributed by atoms with E-state index in [1.807, 2.05) is 0 Å². The zero-order chi connectivity index (χ0) is 50.2. The summed E-state index contributed by atoms with van der Waals surface area (Å²) in [4.78, 5) is 2.47. The first-order valence-corrected chi connectivity index (χ1v) is 26.4. The van der Waals surface area contributed by atoms with Crippen molar-refractivity contribution in [3.63, 3.8) is 0 Å². The molecule has 0 radical (unpaired) electrons. The topological polar surface area (TPSA) is 8.17 Å². The van der Waals surface area contributed by atoms with Crippen molar-refractivity contribution in [1.29, 1.82) is 0 Å². The SMILES string of the molecule is c1ccc(-n2c3ccccc3c3cc(N(c4ccc(-c5ccc6c(c5)C(c5ccccc5)(c5ccccc5)c5ccccc5-6)cc4)c4ccc5c(c4)C(c4ccccc4)(c4ccccc4)c4ccccc4-5)ccc32)cc1. The minimum Gasteiger partial charge on any atom is -0.310 e. The van der Waals surface area contributed by atoms with E-state index in [1.165, 1.54) is 94.1 Å². The number of para-hydroxylation sites is 2. The van der Waals surface area contributed by atoms with Gasteiger partial charge in [-0.1, -0.05) is 237 Å². The van der Waals surface area contributed by atoms with E-state index in [-0.39, 0.29) is 0 Å². The molecule has 0 unspecified atom stereocenters. The average Bonchev–Trinajstić information content (AvgIpc) is 4.31. The predicted octanol–water partition coefficient (Wildman–Crippen LogP) is 18.6. The number of hydrogen-bond donors (Lipinski definition) is 0. The van der Waals surface area contributed by atoms with Crippen LogP contribution in [0.3, 0.4) is 0 Å². The summed E-state index contributed by atoms with van der Waals surface area (Å²) in [5, 5.41) is 2.42. The smallest absolute Gasteiger partial charge is 0.0714 e. The van der Waals surface area contributed by atoms with Crippen molar-refractivity contribution in [1.82, 2.24) is 4.57 Å². The van der Waals surface area contributed by atoms with Gasteiger partial charge < -0.3 is 9.47 Å². The van der Waals surface area contributed by atoms with Gasteiger partial charge in [-0.3, -0.25) is 0 Å². The Morgan fingerprint density at radius 2 is 0.645 bits per heavy atom. The van der Waals surface area contributed by atoms with E-state index in [4.69, 9.17) is 0 Å². The third-order valence-electron chi connectivity index (χ3n) is 16.5. The van der Waals surface area contributed by atoms with Gasteiger partial charge >= 0.3 is 0 Å². The van der Waals surface area contributed by atoms with Crippen LogP contribution >= 0.6 is 0 Å². The summed E-state index contributed by atoms with van der Waals surface area (Å²) in [6.45, 7) is 0. The van der Waals surface area contributed by atoms with Gasteiger partial charge in [-0.15, -0.1) is 0 Å². The van der Waals surface area contributed by atoms with Gasteiger partial charge in [0.1, 0.15) is 0 Å². The summed E-state index contributed by atoms with van der Waals surface area (Å²) in [5.74, 6) is 0. The molecule has 0 N–H and O–H groups in total. The highest BCUT2D eigenvalue weighted by Gasteiger charge is 2.47. The molecular formula is C74H50N2. The molecule has 0 saturated heterocycles. The van der Waals surface area contributed by atoms with Crippen molar-refractivity contribution in [3.05, 3.63) is 348 Å². The maximum atomic E-state index is 2.48. The molecule has 0 aliphatic heterocycles. The van der Waals surface area contributed by atoms with Crippen LogP contribution in [0.15, 0.2) is 303 Å². The molecule has 0 fully saturated rings. The molecule has 13 aromatic rings. The van der Waals surface area contributed by atoms with Crippen molar-refractivity contribution >= 4 is 38.9 Å². The van der Waals surface area contributed by atoms with Gasteiger partial charge in [0.2, 0.25) is 0 Å². The van der Waals surface area contributed by atoms with E-state index in [0.29, 0.717) is 0 Å². The largest absolute Gasteiger partial charge is 0.310 e. The summed E-state index contributed by atoms with van der Waals surface area (Å²) < 4.78 is 2.40. The van der Waals surface area contributed by atoms with Crippen LogP contribution < -0.4 is 4.90 Å². The zero-order valence-electron chi connectivity index (χ0n) is 41.8. The molecule has 356 valence electrons. The Bertz CT molecular complexity index is 4230. The van der Waals surface area contributed by atoms with E-state index >= 15 is 0 Å². The van der Waals surface area contributed by atoms with Crippen molar-refractivity contribution in [2.75, 3.05) is 4.90 Å². The first-order valence-electron chi connectivity index (χ1n) is 26.4. The second-order valence-electron chi connectivity index (χ2n) is 20.3. The highest BCUT2D eigenvalue weighted by molar-refractivity contribution is 6.11. The minimum absolute atomic E-state index is 0.481. The number of hydrogen-bond acceptors (Lipinski definition) is 1. The van der Waals surface area contributed by atoms with E-state index in [9.17, 15) is 0 Å². The van der Waals surface area contributed by atoms with Crippen molar-refractivity contribution in [2.24, 2.45) is 0 Å². The lowest BCUT2D eigenvalue weighted by Crippen LogP contribution is -2.28. The number of fused-ring (bicyclic) bond motifs is 9. The first-order chi connectivity index (χ1) is 37.7. The fourth-order valence-corrected chi connectivity index (χ4v) is 13.4. The van der Waals surface area contributed by atoms with E-state index in [1.54, 1.807) is 0 Å². The molecule has 2 aliphatic carbocycles. The Balaban J connectivity index is 0.932. The van der Waals surface area contributed by atoms with Crippen LogP contribution in [0.2, 0.25) is 0 Å². The fraction of sp³-hybridized carbons (Fsp3) is 0.0270. The van der Waals surface area contributed by atoms with Crippen LogP contribution in [0.1, 0.15) is 44.5 Å². The maximum Gasteiger partial charge on any atom is 0.0714 e. The van der Waals surface area contributed by atoms with Crippen molar-refractivity contribution in [3.8, 4) is 39.1 Å². The van der Waals surface area contributed by atoms with Crippen LogP contribution in [-0.4, -0.2) is 4.57 Å². The monoisotopic (exact) mass is 966 g/mol. The third kappa shape index (κ3) is 6.41. The zero-order valence-corrected chi connectivity index (χ0v) is 41.8. The second-order valence-corrected chi connectivity index (χ2v) is 20.3. The standard InChI is InChI=1S/C74H50N2/c1-6-22-53(23-7-1)73(54-24-8-2-9-25-54)67-35-19-16-32-61(67)63-45-40-52(48-69(63)73)51-38-41-58(42-39-51)75(59-44-47-72-66(49-59)65-34-18-21-37-71(65)76(72)57-30-14-5-15-31-57)60-43-46-64-62-33-17-20-36-68(62)74(70(64)50-60,55-26-10-3-11-27-55)56-28-12-4-13-29-56/h1-50H. The Morgan fingerprint density at radius 3 is 1.21 bits per heavy atom. The molecule has 2 nitrogen and oxygen atoms in total. The molecule has 0 bridgehead atoms. The van der Waals surface area contributed by atoms with Crippen LogP contribution in [0.4, 0.5) is 17.1 Å². The van der Waals surface area contributed by atoms with Crippen LogP contribution in [0, 0.1) is 0 Å². The molecule has 1 aromatic heterocycles. The molecule has 0 atom stereocenters. The van der Waals surface area contributed by atoms with Gasteiger partial charge in [0.15, 0.2) is 0 Å². The van der Waals surface area contributed by atoms with Gasteiger partial charge in [0.05, 0.1) is 21.9 Å². The molecular weight excluding hydrogens is 917 g/mol. The molecule has 0 amide bonds. The minimum atomic E-state index is -0.547. The van der Waals surface area contributed by atoms with Gasteiger partial charge in [-0.2, -0.15) is 0 Å². The first kappa shape index (κ1) is 43.8. The van der Waals surface area contributed by atoms with Gasteiger partial charge in [0, 0.05) is 33.5 Å². The number of aromatic nitrogens is 1. The molecule has 12 aromatic carbocycles. The van der Waals surface area contributed by atoms with Gasteiger partial charge in [-0.25, -0.2) is 0 Å². The lowest BCUT2D eigenvalue weighted by Gasteiger charge is -2.35. The van der Waals surface area contributed by atoms with E-state index in [2.05, 4.69) is 313 Å². The fourth-order valence-electron chi connectivity index (χ4n) is 13.4. The van der Waals surface area contributed by atoms with E-state index in [0.717, 1.165) is 28.3 Å². The number of anilines is 3. The summed E-state index contributed by atoms with van der Waals surface area (Å²) in [5.41, 5.74) is 23.4. The molecule has 15 rings (SSSR count). The lowest BCUT2D eigenvalue weighted by molar-refractivity contribution is 0.768. The van der Waals surface area contributed by atoms with Crippen LogP contribution in [0.5, 0.6) is 0 Å². The summed E-state index contributed by atoms with van der Waals surface area (Å²) in [6, 6.07) is 113. The van der Waals surface area contributed by atoms with Crippen molar-refractivity contribution < 1.29 is 0 Å². The van der Waals surface area contributed by atoms with E-state index < -0.39 is 10.8 Å². The Morgan fingerprint density at radius 1 is 0.250 bits per heavy atom. The normalized spacial score (nSPS) is 13.5. The van der Waals surface area contributed by atoms with Crippen LogP contribution in [-0.2, 0) is 10.8 Å². The highest BCUT2D eigenvalue weighted by Crippen LogP contribution is 2.59. The number of rotatable bonds is 9. The summed E-state index contributed by atoms with van der Waals surface area (Å²) >= 11 is 0. The van der Waals surface area contributed by atoms with Gasteiger partial charge in [0.25, 0.3) is 0 Å². The quantitative estimate of drug-likeness (QED) is 0.140. The molecule has 1 heterocycles. The Labute approximate surface area is 443 Å². The second kappa shape index (κ2) is 17.4. The summed E-state index contributed by atoms with van der Waals surface area (Å²) in [7, 11) is 0. The van der Waals surface area contributed by atoms with Crippen LogP contribution in [0.25, 0.3) is 60.9 Å². The van der Waals surface area contributed by atoms with Gasteiger partial charge in [-0.05, 0) is 145 Å². The number of nitrogens with zero attached hydrogens (tertiary/aromatic N) is 2. The maximum absolute atomic E-state index is 2.48.